The van der Waals surface area contributed by atoms with Crippen LogP contribution in [-0.4, -0.2) is 12.9 Å². The summed E-state index contributed by atoms with van der Waals surface area (Å²) in [6.45, 7) is -1.00. The molecule has 0 fully saturated rings. The van der Waals surface area contributed by atoms with E-state index in [9.17, 15) is 0 Å². The Balaban J connectivity index is -0.0000000400. The van der Waals surface area contributed by atoms with Crippen LogP contribution < -0.4 is 10.2 Å². The Morgan fingerprint density at radius 3 is 1.00 bits per heavy atom. The van der Waals surface area contributed by atoms with Crippen molar-refractivity contribution in [2.24, 2.45) is 0 Å². The van der Waals surface area contributed by atoms with Crippen LogP contribution in [0.1, 0.15) is 0 Å². The number of carbonyl (C=O) groups excluding carboxylic acids is 2. The zero-order chi connectivity index (χ0) is 5.41. The first kappa shape index (κ1) is 16.1. The van der Waals surface area contributed by atoms with Gasteiger partial charge >= 0.3 is 17.1 Å². The van der Waals surface area contributed by atoms with E-state index in [2.05, 4.69) is 0 Å². The van der Waals surface area contributed by atoms with Gasteiger partial charge in [-0.25, -0.2) is 0 Å². The van der Waals surface area contributed by atoms with Crippen molar-refractivity contribution in [1.29, 1.82) is 0 Å². The third kappa shape index (κ3) is 224. The molecule has 0 atom stereocenters. The Hall–Kier alpha value is -0.541. The molecule has 0 aromatic rings. The molecule has 0 aromatic heterocycles. The van der Waals surface area contributed by atoms with Crippen LogP contribution >= 0.6 is 0 Å². The van der Waals surface area contributed by atoms with Crippen LogP contribution in [0.25, 0.3) is 0 Å². The summed E-state index contributed by atoms with van der Waals surface area (Å²) < 4.78 is 0. The molecule has 0 aliphatic heterocycles. The second-order valence-electron chi connectivity index (χ2n) is 0.192. The summed E-state index contributed by atoms with van der Waals surface area (Å²) in [5, 5.41) is 16.5. The maximum Gasteiger partial charge on any atom is 2.00 e. The fraction of sp³-hybridized carbons (Fsp3) is 0. The van der Waals surface area contributed by atoms with Gasteiger partial charge in [-0.3, -0.25) is 0 Å². The topological polar surface area (TPSA) is 80.3 Å². The second kappa shape index (κ2) is 51.0. The summed E-state index contributed by atoms with van der Waals surface area (Å²) in [5.41, 5.74) is 0. The maximum absolute atomic E-state index is 8.25. The van der Waals surface area contributed by atoms with Gasteiger partial charge in [0.1, 0.15) is 0 Å². The molecule has 45 valence electrons. The van der Waals surface area contributed by atoms with Crippen molar-refractivity contribution in [3.8, 4) is 0 Å². The van der Waals surface area contributed by atoms with Gasteiger partial charge in [-0.1, -0.05) is 0 Å². The molecular formula is C2H2CuO4. The second-order valence-corrected chi connectivity index (χ2v) is 0.192. The number of carbonyl (C=O) groups is 2. The van der Waals surface area contributed by atoms with E-state index >= 15 is 0 Å². The number of carboxylic acid groups (broad SMARTS) is 2. The fourth-order valence-corrected chi connectivity index (χ4v) is 0. The third-order valence-electron chi connectivity index (χ3n) is 0. The Kier molecular flexibility index (Phi) is 117. The zero-order valence-electron chi connectivity index (χ0n) is 3.09. The SMILES string of the molecule is O=C[O-].O=C[O-].[Cu+2]. The summed E-state index contributed by atoms with van der Waals surface area (Å²) in [5.74, 6) is 0. The van der Waals surface area contributed by atoms with Gasteiger partial charge in [-0.15, -0.1) is 0 Å². The average Bonchev–Trinajstić information content (AvgIpc) is 1.39. The summed E-state index contributed by atoms with van der Waals surface area (Å²) in [4.78, 5) is 16.5. The van der Waals surface area contributed by atoms with E-state index in [-0.39, 0.29) is 17.1 Å². The van der Waals surface area contributed by atoms with Crippen LogP contribution in [0.2, 0.25) is 0 Å². The Morgan fingerprint density at radius 2 is 1.00 bits per heavy atom. The van der Waals surface area contributed by atoms with Crippen LogP contribution in [0.15, 0.2) is 0 Å². The van der Waals surface area contributed by atoms with Crippen molar-refractivity contribution < 1.29 is 36.9 Å². The zero-order valence-corrected chi connectivity index (χ0v) is 4.03. The van der Waals surface area contributed by atoms with Crippen LogP contribution in [0.4, 0.5) is 0 Å². The maximum atomic E-state index is 8.25. The Labute approximate surface area is 50.6 Å². The van der Waals surface area contributed by atoms with Gasteiger partial charge in [0.05, 0.1) is 0 Å². The van der Waals surface area contributed by atoms with Gasteiger partial charge in [0, 0.05) is 12.9 Å². The van der Waals surface area contributed by atoms with Crippen LogP contribution in [-0.2, 0) is 26.7 Å². The van der Waals surface area contributed by atoms with E-state index in [0.717, 1.165) is 0 Å². The van der Waals surface area contributed by atoms with E-state index in [4.69, 9.17) is 19.8 Å². The smallest absolute Gasteiger partial charge is 0.554 e. The van der Waals surface area contributed by atoms with Crippen molar-refractivity contribution in [2.45, 2.75) is 0 Å². The summed E-state index contributed by atoms with van der Waals surface area (Å²) in [7, 11) is 0. The fourth-order valence-electron chi connectivity index (χ4n) is 0. The predicted octanol–water partition coefficient (Wildman–Crippen LogP) is -3.27. The minimum atomic E-state index is -0.500. The first-order valence-corrected chi connectivity index (χ1v) is 0.943. The molecule has 7 heavy (non-hydrogen) atoms. The van der Waals surface area contributed by atoms with Crippen LogP contribution in [0, 0.1) is 0 Å². The molecule has 0 bridgehead atoms. The minimum absolute atomic E-state index is 0. The Morgan fingerprint density at radius 1 is 1.00 bits per heavy atom. The standard InChI is InChI=1S/2CH2O2.Cu/c2*2-1-3;/h2*1H,(H,2,3);/q;;+2/p-2. The molecule has 0 rings (SSSR count). The molecule has 0 aliphatic carbocycles. The molecule has 5 heteroatoms. The van der Waals surface area contributed by atoms with E-state index in [1.165, 1.54) is 0 Å². The summed E-state index contributed by atoms with van der Waals surface area (Å²) >= 11 is 0. The van der Waals surface area contributed by atoms with E-state index in [1.54, 1.807) is 0 Å². The van der Waals surface area contributed by atoms with E-state index < -0.39 is 12.9 Å². The summed E-state index contributed by atoms with van der Waals surface area (Å²) in [6.07, 6.45) is 0. The van der Waals surface area contributed by atoms with Crippen molar-refractivity contribution in [2.75, 3.05) is 0 Å². The van der Waals surface area contributed by atoms with Gasteiger partial charge in [-0.2, -0.15) is 0 Å². The molecule has 0 unspecified atom stereocenters. The normalized spacial score (nSPS) is 3.43. The minimum Gasteiger partial charge on any atom is -0.554 e. The van der Waals surface area contributed by atoms with Gasteiger partial charge in [-0.05, 0) is 0 Å². The molecule has 0 aromatic carbocycles. The van der Waals surface area contributed by atoms with Gasteiger partial charge in [0.25, 0.3) is 0 Å². The van der Waals surface area contributed by atoms with Crippen molar-refractivity contribution in [3.63, 3.8) is 0 Å². The first-order chi connectivity index (χ1) is 2.83. The molecule has 0 heterocycles. The molecule has 1 radical (unpaired) electrons. The largest absolute Gasteiger partial charge is 2.00 e. The van der Waals surface area contributed by atoms with Crippen LogP contribution in [0.5, 0.6) is 0 Å². The number of rotatable bonds is 0. The molecule has 0 N–H and O–H groups in total. The van der Waals surface area contributed by atoms with E-state index in [1.807, 2.05) is 0 Å². The third-order valence-corrected chi connectivity index (χ3v) is 0. The molecule has 4 nitrogen and oxygen atoms in total. The number of hydrogen-bond donors (Lipinski definition) is 0. The molecule has 0 amide bonds. The van der Waals surface area contributed by atoms with Gasteiger partial charge < -0.3 is 19.8 Å². The Bertz CT molecular complexity index is 30.7. The molecular weight excluding hydrogens is 152 g/mol. The molecule has 0 saturated carbocycles. The van der Waals surface area contributed by atoms with E-state index in [0.29, 0.717) is 0 Å². The van der Waals surface area contributed by atoms with Crippen LogP contribution in [0.3, 0.4) is 0 Å². The average molecular weight is 154 g/mol. The molecule has 0 aliphatic rings. The van der Waals surface area contributed by atoms with Gasteiger partial charge in [0.15, 0.2) is 0 Å². The predicted molar refractivity (Wildman–Crippen MR) is 12.1 cm³/mol. The molecule has 0 saturated heterocycles. The summed E-state index contributed by atoms with van der Waals surface area (Å²) in [6, 6.07) is 0. The van der Waals surface area contributed by atoms with Crippen molar-refractivity contribution in [3.05, 3.63) is 0 Å². The monoisotopic (exact) mass is 153 g/mol. The van der Waals surface area contributed by atoms with Crippen molar-refractivity contribution in [1.82, 2.24) is 0 Å². The van der Waals surface area contributed by atoms with Crippen molar-refractivity contribution >= 4 is 12.9 Å². The quantitative estimate of drug-likeness (QED) is 0.270. The molecule has 0 spiro atoms. The van der Waals surface area contributed by atoms with Gasteiger partial charge in [0.2, 0.25) is 0 Å². The number of hydrogen-bond acceptors (Lipinski definition) is 4. The first-order valence-electron chi connectivity index (χ1n) is 0.943.